The van der Waals surface area contributed by atoms with Crippen LogP contribution in [-0.4, -0.2) is 18.6 Å². The van der Waals surface area contributed by atoms with Crippen molar-refractivity contribution in [3.63, 3.8) is 0 Å². The van der Waals surface area contributed by atoms with Gasteiger partial charge in [-0.15, -0.1) is 0 Å². The Morgan fingerprint density at radius 2 is 1.12 bits per heavy atom. The van der Waals surface area contributed by atoms with Crippen LogP contribution in [0.5, 0.6) is 0 Å². The van der Waals surface area contributed by atoms with Gasteiger partial charge in [0.15, 0.2) is 0 Å². The molecule has 0 rings (SSSR count). The third-order valence-corrected chi connectivity index (χ3v) is 2.93. The standard InChI is InChI=1S/C16H32N/c1-5-7-9-11-13-15-17(3,4)16-14-12-10-8-6-2/h13-16H,5-12H2,1-4H3/q+1. The molecule has 1 nitrogen and oxygen atoms in total. The first-order valence-corrected chi connectivity index (χ1v) is 7.31. The summed E-state index contributed by atoms with van der Waals surface area (Å²) in [5.74, 6) is 0. The van der Waals surface area contributed by atoms with Gasteiger partial charge >= 0.3 is 0 Å². The summed E-state index contributed by atoms with van der Waals surface area (Å²) in [4.78, 5) is 0. The number of hydrogen-bond acceptors (Lipinski definition) is 0. The summed E-state index contributed by atoms with van der Waals surface area (Å²) in [6.45, 7) is 4.51. The molecule has 1 heteroatoms. The van der Waals surface area contributed by atoms with Crippen molar-refractivity contribution in [3.05, 3.63) is 24.6 Å². The maximum Gasteiger partial charge on any atom is 0.0959 e. The van der Waals surface area contributed by atoms with Gasteiger partial charge < -0.3 is 0 Å². The molecule has 0 atom stereocenters. The Morgan fingerprint density at radius 3 is 1.47 bits per heavy atom. The zero-order valence-electron chi connectivity index (χ0n) is 12.4. The van der Waals surface area contributed by atoms with E-state index in [1.807, 2.05) is 0 Å². The number of allylic oxidation sites excluding steroid dienone is 2. The molecule has 100 valence electrons. The molecular formula is C16H32N+. The largest absolute Gasteiger partial charge is 0.276 e. The van der Waals surface area contributed by atoms with Crippen molar-refractivity contribution in [2.45, 2.75) is 65.2 Å². The lowest BCUT2D eigenvalue weighted by Crippen LogP contribution is -2.25. The Kier molecular flexibility index (Phi) is 10.2. The second kappa shape index (κ2) is 10.6. The summed E-state index contributed by atoms with van der Waals surface area (Å²) in [7, 11) is 4.46. The zero-order chi connectivity index (χ0) is 13.0. The van der Waals surface area contributed by atoms with Crippen LogP contribution in [0.1, 0.15) is 65.2 Å². The van der Waals surface area contributed by atoms with E-state index in [4.69, 9.17) is 0 Å². The van der Waals surface area contributed by atoms with Gasteiger partial charge in [0.2, 0.25) is 0 Å². The summed E-state index contributed by atoms with van der Waals surface area (Å²) in [5.41, 5.74) is 0. The third kappa shape index (κ3) is 11.7. The van der Waals surface area contributed by atoms with E-state index in [1.54, 1.807) is 0 Å². The van der Waals surface area contributed by atoms with Crippen molar-refractivity contribution < 1.29 is 4.48 Å². The fourth-order valence-corrected chi connectivity index (χ4v) is 1.77. The molecule has 0 radical (unpaired) electrons. The van der Waals surface area contributed by atoms with Gasteiger partial charge in [0.25, 0.3) is 0 Å². The highest BCUT2D eigenvalue weighted by Gasteiger charge is 2.04. The van der Waals surface area contributed by atoms with E-state index in [0.29, 0.717) is 0 Å². The highest BCUT2D eigenvalue weighted by Crippen LogP contribution is 2.07. The molecule has 0 aliphatic carbocycles. The minimum Gasteiger partial charge on any atom is -0.276 e. The SMILES string of the molecule is CCCCCC=C[N+](C)(C)C=CCCCCC. The van der Waals surface area contributed by atoms with E-state index >= 15 is 0 Å². The molecule has 0 aromatic heterocycles. The molecule has 0 unspecified atom stereocenters. The Bertz CT molecular complexity index is 192. The van der Waals surface area contributed by atoms with Crippen molar-refractivity contribution in [2.75, 3.05) is 14.1 Å². The minimum atomic E-state index is 0.873. The number of unbranched alkanes of at least 4 members (excludes halogenated alkanes) is 6. The zero-order valence-corrected chi connectivity index (χ0v) is 12.4. The predicted octanol–water partition coefficient (Wildman–Crippen LogP) is 5.25. The van der Waals surface area contributed by atoms with Gasteiger partial charge in [-0.25, -0.2) is 0 Å². The van der Waals surface area contributed by atoms with Crippen LogP contribution in [0, 0.1) is 0 Å². The van der Waals surface area contributed by atoms with E-state index in [2.05, 4.69) is 52.5 Å². The first-order chi connectivity index (χ1) is 8.12. The van der Waals surface area contributed by atoms with Crippen LogP contribution in [0.2, 0.25) is 0 Å². The molecule has 0 aromatic rings. The molecule has 0 heterocycles. The Morgan fingerprint density at radius 1 is 0.706 bits per heavy atom. The monoisotopic (exact) mass is 238 g/mol. The lowest BCUT2D eigenvalue weighted by Gasteiger charge is -2.19. The van der Waals surface area contributed by atoms with Crippen molar-refractivity contribution in [1.82, 2.24) is 0 Å². The fraction of sp³-hybridized carbons (Fsp3) is 0.750. The van der Waals surface area contributed by atoms with Gasteiger partial charge in [0, 0.05) is 0 Å². The third-order valence-electron chi connectivity index (χ3n) is 2.93. The van der Waals surface area contributed by atoms with Gasteiger partial charge in [-0.3, -0.25) is 4.48 Å². The molecule has 0 spiro atoms. The van der Waals surface area contributed by atoms with Crippen LogP contribution >= 0.6 is 0 Å². The van der Waals surface area contributed by atoms with Gasteiger partial charge in [-0.05, 0) is 37.8 Å². The van der Waals surface area contributed by atoms with Crippen LogP contribution in [0.4, 0.5) is 0 Å². The van der Waals surface area contributed by atoms with Crippen LogP contribution in [0.25, 0.3) is 0 Å². The van der Waals surface area contributed by atoms with E-state index < -0.39 is 0 Å². The average molecular weight is 238 g/mol. The lowest BCUT2D eigenvalue weighted by molar-refractivity contribution is -0.784. The smallest absolute Gasteiger partial charge is 0.0959 e. The van der Waals surface area contributed by atoms with Gasteiger partial charge in [0.05, 0.1) is 26.5 Å². The van der Waals surface area contributed by atoms with Gasteiger partial charge in [-0.1, -0.05) is 39.5 Å². The Labute approximate surface area is 109 Å². The molecule has 0 amide bonds. The number of nitrogens with zero attached hydrogens (tertiary/aromatic N) is 1. The first-order valence-electron chi connectivity index (χ1n) is 7.31. The molecule has 0 aliphatic heterocycles. The van der Waals surface area contributed by atoms with Crippen LogP contribution in [-0.2, 0) is 0 Å². The molecule has 0 saturated heterocycles. The second-order valence-corrected chi connectivity index (χ2v) is 5.39. The van der Waals surface area contributed by atoms with E-state index in [1.165, 1.54) is 51.4 Å². The summed E-state index contributed by atoms with van der Waals surface area (Å²) < 4.78 is 0.873. The number of quaternary nitrogens is 1. The molecule has 0 aliphatic rings. The van der Waals surface area contributed by atoms with Crippen molar-refractivity contribution in [2.24, 2.45) is 0 Å². The molecule has 0 saturated carbocycles. The van der Waals surface area contributed by atoms with E-state index in [9.17, 15) is 0 Å². The molecule has 0 aromatic carbocycles. The first kappa shape index (κ1) is 16.4. The molecule has 0 N–H and O–H groups in total. The summed E-state index contributed by atoms with van der Waals surface area (Å²) in [6, 6.07) is 0. The van der Waals surface area contributed by atoms with Crippen LogP contribution in [0.3, 0.4) is 0 Å². The van der Waals surface area contributed by atoms with E-state index in [-0.39, 0.29) is 0 Å². The topological polar surface area (TPSA) is 0 Å². The molecule has 17 heavy (non-hydrogen) atoms. The minimum absolute atomic E-state index is 0.873. The van der Waals surface area contributed by atoms with Crippen LogP contribution in [0.15, 0.2) is 24.6 Å². The Hall–Kier alpha value is -0.560. The fourth-order valence-electron chi connectivity index (χ4n) is 1.77. The molecule has 0 fully saturated rings. The summed E-state index contributed by atoms with van der Waals surface area (Å²) in [5, 5.41) is 0. The van der Waals surface area contributed by atoms with Gasteiger partial charge in [0.1, 0.15) is 0 Å². The second-order valence-electron chi connectivity index (χ2n) is 5.39. The maximum atomic E-state index is 2.33. The van der Waals surface area contributed by atoms with E-state index in [0.717, 1.165) is 4.48 Å². The Balaban J connectivity index is 3.76. The maximum absolute atomic E-state index is 2.33. The number of rotatable bonds is 10. The lowest BCUT2D eigenvalue weighted by atomic mass is 10.2. The van der Waals surface area contributed by atoms with Crippen LogP contribution < -0.4 is 0 Å². The number of hydrogen-bond donors (Lipinski definition) is 0. The normalized spacial score (nSPS) is 12.9. The van der Waals surface area contributed by atoms with Gasteiger partial charge in [-0.2, -0.15) is 0 Å². The average Bonchev–Trinajstić information content (AvgIpc) is 2.28. The van der Waals surface area contributed by atoms with Crippen molar-refractivity contribution in [1.29, 1.82) is 0 Å². The summed E-state index contributed by atoms with van der Waals surface area (Å²) >= 11 is 0. The predicted molar refractivity (Wildman–Crippen MR) is 78.7 cm³/mol. The highest BCUT2D eigenvalue weighted by molar-refractivity contribution is 4.80. The quantitative estimate of drug-likeness (QED) is 0.360. The summed E-state index contributed by atoms with van der Waals surface area (Å²) in [6.07, 6.45) is 19.7. The highest BCUT2D eigenvalue weighted by atomic mass is 15.3. The molecule has 0 bridgehead atoms. The van der Waals surface area contributed by atoms with Crippen molar-refractivity contribution >= 4 is 0 Å². The molecular weight excluding hydrogens is 206 g/mol. The van der Waals surface area contributed by atoms with Crippen molar-refractivity contribution in [3.8, 4) is 0 Å².